The summed E-state index contributed by atoms with van der Waals surface area (Å²) in [7, 11) is 1.54. The number of aromatic nitrogens is 4. The molecule has 0 spiro atoms. The molecule has 0 fully saturated rings. The first kappa shape index (κ1) is 23.8. The lowest BCUT2D eigenvalue weighted by Crippen LogP contribution is -2.37. The van der Waals surface area contributed by atoms with Crippen molar-refractivity contribution in [2.24, 2.45) is 0 Å². The van der Waals surface area contributed by atoms with Gasteiger partial charge in [0, 0.05) is 24.3 Å². The zero-order valence-electron chi connectivity index (χ0n) is 20.9. The molecule has 4 bridgehead atoms. The number of hydrogen-bond acceptors (Lipinski definition) is 9. The van der Waals surface area contributed by atoms with Crippen molar-refractivity contribution in [3.63, 3.8) is 0 Å². The van der Waals surface area contributed by atoms with E-state index in [-0.39, 0.29) is 17.5 Å². The number of amides is 2. The van der Waals surface area contributed by atoms with Crippen LogP contribution in [0.1, 0.15) is 49.2 Å². The molecule has 0 saturated heterocycles. The third kappa shape index (κ3) is 4.39. The fraction of sp³-hybridized carbons (Fsp3) is 0.458. The molecule has 0 saturated carbocycles. The second kappa shape index (κ2) is 8.94. The van der Waals surface area contributed by atoms with Crippen molar-refractivity contribution in [3.8, 4) is 5.88 Å². The lowest BCUT2D eigenvalue weighted by atomic mass is 10.2. The molecule has 12 nitrogen and oxygen atoms in total. The van der Waals surface area contributed by atoms with E-state index in [1.807, 2.05) is 33.8 Å². The number of carbonyl (C=O) groups excluding carboxylic acids is 2. The van der Waals surface area contributed by atoms with E-state index >= 15 is 0 Å². The molecule has 190 valence electrons. The number of ether oxygens (including phenoxy) is 3. The Morgan fingerprint density at radius 2 is 2.08 bits per heavy atom. The third-order valence-corrected chi connectivity index (χ3v) is 5.79. The SMILES string of the molecule is COc1ncc2cc1Nc1nc3c(cnn3c3c1CCN3C(=O)OC(C)(C)C)C(=O)N[C@H](C)COC2. The Bertz CT molecular complexity index is 1350. The number of hydrogen-bond donors (Lipinski definition) is 2. The summed E-state index contributed by atoms with van der Waals surface area (Å²) in [4.78, 5) is 37.0. The number of rotatable bonds is 1. The molecular weight excluding hydrogens is 466 g/mol. The predicted octanol–water partition coefficient (Wildman–Crippen LogP) is 2.82. The second-order valence-corrected chi connectivity index (χ2v) is 9.85. The van der Waals surface area contributed by atoms with Crippen LogP contribution in [0.3, 0.4) is 0 Å². The van der Waals surface area contributed by atoms with Crippen LogP contribution in [0.25, 0.3) is 5.65 Å². The van der Waals surface area contributed by atoms with Crippen molar-refractivity contribution in [2.75, 3.05) is 30.5 Å². The van der Waals surface area contributed by atoms with E-state index in [1.54, 1.807) is 6.20 Å². The van der Waals surface area contributed by atoms with Gasteiger partial charge in [0.15, 0.2) is 5.65 Å². The molecule has 2 aliphatic heterocycles. The van der Waals surface area contributed by atoms with Crippen LogP contribution in [-0.2, 0) is 22.5 Å². The third-order valence-electron chi connectivity index (χ3n) is 5.79. The van der Waals surface area contributed by atoms with Crippen molar-refractivity contribution in [2.45, 2.75) is 52.4 Å². The Morgan fingerprint density at radius 1 is 1.28 bits per heavy atom. The number of methoxy groups -OCH3 is 1. The van der Waals surface area contributed by atoms with E-state index in [0.717, 1.165) is 11.1 Å². The quantitative estimate of drug-likeness (QED) is 0.523. The minimum atomic E-state index is -0.673. The summed E-state index contributed by atoms with van der Waals surface area (Å²) in [6, 6.07) is 1.63. The zero-order valence-corrected chi connectivity index (χ0v) is 20.9. The van der Waals surface area contributed by atoms with Crippen LogP contribution in [-0.4, -0.2) is 63.5 Å². The summed E-state index contributed by atoms with van der Waals surface area (Å²) in [5, 5.41) is 10.7. The predicted molar refractivity (Wildman–Crippen MR) is 131 cm³/mol. The average molecular weight is 496 g/mol. The van der Waals surface area contributed by atoms with E-state index in [9.17, 15) is 9.59 Å². The Labute approximate surface area is 207 Å². The van der Waals surface area contributed by atoms with Crippen LogP contribution >= 0.6 is 0 Å². The maximum Gasteiger partial charge on any atom is 0.416 e. The molecule has 1 atom stereocenters. The van der Waals surface area contributed by atoms with Gasteiger partial charge in [-0.05, 0) is 45.7 Å². The Balaban J connectivity index is 1.70. The first-order valence-electron chi connectivity index (χ1n) is 11.7. The van der Waals surface area contributed by atoms with E-state index in [4.69, 9.17) is 19.2 Å². The highest BCUT2D eigenvalue weighted by atomic mass is 16.6. The second-order valence-electron chi connectivity index (χ2n) is 9.85. The van der Waals surface area contributed by atoms with Gasteiger partial charge in [0.1, 0.15) is 28.5 Å². The largest absolute Gasteiger partial charge is 0.480 e. The molecule has 2 aliphatic rings. The summed E-state index contributed by atoms with van der Waals surface area (Å²) in [6.45, 7) is 8.29. The number of nitrogens with zero attached hydrogens (tertiary/aromatic N) is 5. The molecule has 0 radical (unpaired) electrons. The minimum Gasteiger partial charge on any atom is -0.480 e. The summed E-state index contributed by atoms with van der Waals surface area (Å²) >= 11 is 0. The molecule has 2 amide bonds. The molecule has 0 aliphatic carbocycles. The van der Waals surface area contributed by atoms with Crippen LogP contribution in [0, 0.1) is 0 Å². The van der Waals surface area contributed by atoms with E-state index in [1.165, 1.54) is 22.7 Å². The van der Waals surface area contributed by atoms with Crippen molar-refractivity contribution >= 4 is 35.0 Å². The van der Waals surface area contributed by atoms with Crippen LogP contribution in [0.15, 0.2) is 18.5 Å². The van der Waals surface area contributed by atoms with Gasteiger partial charge < -0.3 is 24.8 Å². The monoisotopic (exact) mass is 495 g/mol. The Hall–Kier alpha value is -3.93. The molecule has 36 heavy (non-hydrogen) atoms. The molecule has 5 rings (SSSR count). The molecular formula is C24H29N7O5. The van der Waals surface area contributed by atoms with E-state index in [2.05, 4.69) is 20.7 Å². The minimum absolute atomic E-state index is 0.258. The number of carbonyl (C=O) groups is 2. The molecule has 5 heterocycles. The summed E-state index contributed by atoms with van der Waals surface area (Å²) < 4.78 is 18.4. The normalized spacial score (nSPS) is 17.9. The summed E-state index contributed by atoms with van der Waals surface area (Å²) in [5.74, 6) is 1.02. The molecule has 0 aromatic carbocycles. The van der Waals surface area contributed by atoms with Gasteiger partial charge in [-0.3, -0.25) is 9.69 Å². The van der Waals surface area contributed by atoms with Gasteiger partial charge in [-0.25, -0.2) is 14.8 Å². The molecule has 0 unspecified atom stereocenters. The maximum atomic E-state index is 13.1. The van der Waals surface area contributed by atoms with Crippen LogP contribution in [0.2, 0.25) is 0 Å². The van der Waals surface area contributed by atoms with Crippen LogP contribution in [0.5, 0.6) is 5.88 Å². The molecule has 12 heteroatoms. The van der Waals surface area contributed by atoms with Crippen molar-refractivity contribution in [1.29, 1.82) is 0 Å². The molecule has 2 N–H and O–H groups in total. The summed E-state index contributed by atoms with van der Waals surface area (Å²) in [5.41, 5.74) is 2.08. The topological polar surface area (TPSA) is 132 Å². The number of anilines is 3. The van der Waals surface area contributed by atoms with Gasteiger partial charge in [0.25, 0.3) is 5.91 Å². The Morgan fingerprint density at radius 3 is 2.83 bits per heavy atom. The maximum absolute atomic E-state index is 13.1. The van der Waals surface area contributed by atoms with Crippen molar-refractivity contribution < 1.29 is 23.8 Å². The van der Waals surface area contributed by atoms with Crippen LogP contribution in [0.4, 0.5) is 22.1 Å². The molecule has 3 aromatic rings. The van der Waals surface area contributed by atoms with Gasteiger partial charge >= 0.3 is 6.09 Å². The lowest BCUT2D eigenvalue weighted by molar-refractivity contribution is 0.0582. The smallest absolute Gasteiger partial charge is 0.416 e. The van der Waals surface area contributed by atoms with Crippen LogP contribution < -0.4 is 20.3 Å². The van der Waals surface area contributed by atoms with Gasteiger partial charge in [-0.15, -0.1) is 0 Å². The number of fused-ring (bicyclic) bond motifs is 6. The van der Waals surface area contributed by atoms with E-state index in [0.29, 0.717) is 55.0 Å². The molecule has 3 aromatic heterocycles. The fourth-order valence-corrected chi connectivity index (χ4v) is 4.26. The highest BCUT2D eigenvalue weighted by Gasteiger charge is 2.35. The standard InChI is InChI=1S/C24H29N7O5/c1-13-11-35-12-14-8-17(21(34-5)25-9-14)28-18-15-6-7-30(23(33)36-24(2,3)4)22(15)31-19(29-18)16(10-26-31)20(32)27-13/h8-10,13H,6-7,11-12H2,1-5H3,(H,27,32)(H,28,29)/t13-/m1/s1. The lowest BCUT2D eigenvalue weighted by Gasteiger charge is -2.25. The number of nitrogens with one attached hydrogen (secondary N) is 2. The van der Waals surface area contributed by atoms with Gasteiger partial charge in [0.2, 0.25) is 5.88 Å². The van der Waals surface area contributed by atoms with Crippen molar-refractivity contribution in [1.82, 2.24) is 24.9 Å². The first-order valence-corrected chi connectivity index (χ1v) is 11.7. The number of pyridine rings is 1. The van der Waals surface area contributed by atoms with E-state index < -0.39 is 11.7 Å². The summed E-state index contributed by atoms with van der Waals surface area (Å²) in [6.07, 6.45) is 3.15. The van der Waals surface area contributed by atoms with Gasteiger partial charge in [-0.2, -0.15) is 9.61 Å². The van der Waals surface area contributed by atoms with Gasteiger partial charge in [-0.1, -0.05) is 0 Å². The van der Waals surface area contributed by atoms with Crippen molar-refractivity contribution in [3.05, 3.63) is 35.2 Å². The highest BCUT2D eigenvalue weighted by molar-refractivity contribution is 6.01. The first-order chi connectivity index (χ1) is 17.1. The zero-order chi connectivity index (χ0) is 25.6. The Kier molecular flexibility index (Phi) is 5.91. The fourth-order valence-electron chi connectivity index (χ4n) is 4.26. The average Bonchev–Trinajstić information content (AvgIpc) is 3.42. The highest BCUT2D eigenvalue weighted by Crippen LogP contribution is 2.37. The van der Waals surface area contributed by atoms with Gasteiger partial charge in [0.05, 0.1) is 26.5 Å².